The van der Waals surface area contributed by atoms with Gasteiger partial charge in [0.05, 0.1) is 16.3 Å². The van der Waals surface area contributed by atoms with Crippen LogP contribution in [0.15, 0.2) is 29.8 Å². The summed E-state index contributed by atoms with van der Waals surface area (Å²) in [5.41, 5.74) is 0.0255. The summed E-state index contributed by atoms with van der Waals surface area (Å²) in [6, 6.07) is 2.83. The van der Waals surface area contributed by atoms with Gasteiger partial charge in [-0.25, -0.2) is 0 Å². The molecular formula is C5H4N4O3. The third-order valence-corrected chi connectivity index (χ3v) is 1.11. The van der Waals surface area contributed by atoms with Gasteiger partial charge >= 0.3 is 5.29 Å². The minimum Gasteiger partial charge on any atom is -0.339 e. The van der Waals surface area contributed by atoms with Crippen molar-refractivity contribution in [3.63, 3.8) is 0 Å². The molecule has 0 N–H and O–H groups in total. The average Bonchev–Trinajstić information content (AvgIpc) is 2.07. The van der Waals surface area contributed by atoms with Gasteiger partial charge in [0.2, 0.25) is 0 Å². The third-order valence-electron chi connectivity index (χ3n) is 1.11. The van der Waals surface area contributed by atoms with Crippen LogP contribution in [0.25, 0.3) is 0 Å². The lowest BCUT2D eigenvalue weighted by Crippen LogP contribution is -2.22. The molecule has 0 atom stereocenters. The SMILES string of the molecule is O=NN(c1cccnc1)[N+](=O)[O-]. The number of nitrogens with zero attached hydrogens (tertiary/aromatic N) is 4. The zero-order chi connectivity index (χ0) is 8.97. The molecule has 1 aromatic heterocycles. The van der Waals surface area contributed by atoms with Crippen LogP contribution >= 0.6 is 0 Å². The Morgan fingerprint density at radius 2 is 2.42 bits per heavy atom. The van der Waals surface area contributed by atoms with Gasteiger partial charge < -0.3 is 10.1 Å². The van der Waals surface area contributed by atoms with E-state index in [4.69, 9.17) is 0 Å². The second-order valence-electron chi connectivity index (χ2n) is 1.82. The van der Waals surface area contributed by atoms with Gasteiger partial charge in [-0.05, 0) is 12.1 Å². The Balaban J connectivity index is 2.95. The number of nitroso groups, excluding NO2 is 1. The van der Waals surface area contributed by atoms with Crippen LogP contribution in [0.3, 0.4) is 0 Å². The Morgan fingerprint density at radius 3 is 2.83 bits per heavy atom. The van der Waals surface area contributed by atoms with Gasteiger partial charge in [0.15, 0.2) is 5.69 Å². The van der Waals surface area contributed by atoms with E-state index in [-0.39, 0.29) is 10.8 Å². The summed E-state index contributed by atoms with van der Waals surface area (Å²) in [6.07, 6.45) is 2.61. The maximum absolute atomic E-state index is 10.1. The van der Waals surface area contributed by atoms with Gasteiger partial charge in [0.25, 0.3) is 0 Å². The molecule has 0 unspecified atom stereocenters. The number of rotatable bonds is 3. The first-order valence-electron chi connectivity index (χ1n) is 2.93. The molecule has 0 saturated heterocycles. The van der Waals surface area contributed by atoms with Gasteiger partial charge in [-0.1, -0.05) is 0 Å². The van der Waals surface area contributed by atoms with Crippen molar-refractivity contribution in [1.29, 1.82) is 0 Å². The number of aromatic nitrogens is 1. The topological polar surface area (TPSA) is 88.7 Å². The minimum absolute atomic E-state index is 0.0255. The van der Waals surface area contributed by atoms with Crippen molar-refractivity contribution in [3.8, 4) is 0 Å². The maximum Gasteiger partial charge on any atom is 0.315 e. The molecule has 0 aromatic carbocycles. The zero-order valence-corrected chi connectivity index (χ0v) is 5.82. The number of nitro groups is 1. The highest BCUT2D eigenvalue weighted by Gasteiger charge is 2.17. The fraction of sp³-hybridized carbons (Fsp3) is 0. The molecule has 0 spiro atoms. The van der Waals surface area contributed by atoms with E-state index in [2.05, 4.69) is 10.3 Å². The summed E-state index contributed by atoms with van der Waals surface area (Å²) in [7, 11) is 0. The predicted octanol–water partition coefficient (Wildman–Crippen LogP) is 0.761. The predicted molar refractivity (Wildman–Crippen MR) is 39.5 cm³/mol. The van der Waals surface area contributed by atoms with Crippen LogP contribution < -0.4 is 5.12 Å². The molecule has 0 aliphatic heterocycles. The summed E-state index contributed by atoms with van der Waals surface area (Å²) in [5.74, 6) is 0. The van der Waals surface area contributed by atoms with Gasteiger partial charge in [-0.15, -0.1) is 0 Å². The number of hydrogen-bond donors (Lipinski definition) is 0. The number of pyridine rings is 1. The van der Waals surface area contributed by atoms with Crippen molar-refractivity contribution < 1.29 is 5.03 Å². The molecule has 0 bridgehead atoms. The monoisotopic (exact) mass is 168 g/mol. The summed E-state index contributed by atoms with van der Waals surface area (Å²) >= 11 is 0. The van der Waals surface area contributed by atoms with Gasteiger partial charge in [0, 0.05) is 11.1 Å². The molecule has 1 aromatic rings. The van der Waals surface area contributed by atoms with E-state index in [0.717, 1.165) is 0 Å². The number of hydrogen-bond acceptors (Lipinski definition) is 5. The Bertz CT molecular complexity index is 288. The van der Waals surface area contributed by atoms with Crippen LogP contribution in [0.5, 0.6) is 0 Å². The van der Waals surface area contributed by atoms with E-state index in [1.54, 1.807) is 0 Å². The van der Waals surface area contributed by atoms with Crippen molar-refractivity contribution in [2.75, 3.05) is 5.12 Å². The first-order chi connectivity index (χ1) is 5.75. The lowest BCUT2D eigenvalue weighted by Gasteiger charge is -2.02. The molecule has 62 valence electrons. The molecule has 1 rings (SSSR count). The van der Waals surface area contributed by atoms with Crippen molar-refractivity contribution in [3.05, 3.63) is 39.5 Å². The van der Waals surface area contributed by atoms with Crippen LogP contribution in [0.2, 0.25) is 0 Å². The van der Waals surface area contributed by atoms with E-state index in [9.17, 15) is 15.0 Å². The molecule has 0 saturated carbocycles. The lowest BCUT2D eigenvalue weighted by atomic mass is 10.4. The first kappa shape index (κ1) is 8.05. The first-order valence-corrected chi connectivity index (χ1v) is 2.93. The number of anilines is 1. The van der Waals surface area contributed by atoms with E-state index in [1.165, 1.54) is 24.5 Å². The molecule has 0 fully saturated rings. The third kappa shape index (κ3) is 1.51. The second-order valence-corrected chi connectivity index (χ2v) is 1.82. The summed E-state index contributed by atoms with van der Waals surface area (Å²) in [6.45, 7) is 0. The summed E-state index contributed by atoms with van der Waals surface area (Å²) < 4.78 is 0. The Labute approximate surface area is 66.7 Å². The Kier molecular flexibility index (Phi) is 2.26. The second kappa shape index (κ2) is 3.37. The number of hydrazine groups is 1. The van der Waals surface area contributed by atoms with Gasteiger partial charge in [-0.3, -0.25) is 4.98 Å². The fourth-order valence-corrected chi connectivity index (χ4v) is 0.643. The molecular weight excluding hydrogens is 164 g/mol. The summed E-state index contributed by atoms with van der Waals surface area (Å²) in [4.78, 5) is 23.7. The van der Waals surface area contributed by atoms with Crippen LogP contribution in [0.1, 0.15) is 0 Å². The molecule has 7 nitrogen and oxygen atoms in total. The summed E-state index contributed by atoms with van der Waals surface area (Å²) in [5, 5.41) is 11.5. The van der Waals surface area contributed by atoms with Crippen molar-refractivity contribution in [2.45, 2.75) is 0 Å². The highest BCUT2D eigenvalue weighted by Crippen LogP contribution is 2.10. The minimum atomic E-state index is -0.927. The zero-order valence-electron chi connectivity index (χ0n) is 5.82. The van der Waals surface area contributed by atoms with Crippen molar-refractivity contribution in [2.24, 2.45) is 5.29 Å². The Hall–Kier alpha value is -2.05. The molecule has 7 heteroatoms. The van der Waals surface area contributed by atoms with E-state index in [1.807, 2.05) is 0 Å². The van der Waals surface area contributed by atoms with E-state index < -0.39 is 5.03 Å². The Morgan fingerprint density at radius 1 is 1.67 bits per heavy atom. The van der Waals surface area contributed by atoms with Gasteiger partial charge in [0.1, 0.15) is 0 Å². The van der Waals surface area contributed by atoms with Crippen molar-refractivity contribution in [1.82, 2.24) is 4.98 Å². The fourth-order valence-electron chi connectivity index (χ4n) is 0.643. The quantitative estimate of drug-likeness (QED) is 0.377. The largest absolute Gasteiger partial charge is 0.339 e. The van der Waals surface area contributed by atoms with E-state index in [0.29, 0.717) is 0 Å². The molecule has 0 radical (unpaired) electrons. The average molecular weight is 168 g/mol. The highest BCUT2D eigenvalue weighted by atomic mass is 16.7. The maximum atomic E-state index is 10.1. The van der Waals surface area contributed by atoms with Crippen molar-refractivity contribution >= 4 is 5.69 Å². The van der Waals surface area contributed by atoms with E-state index >= 15 is 0 Å². The van der Waals surface area contributed by atoms with Crippen LogP contribution in [-0.2, 0) is 0 Å². The van der Waals surface area contributed by atoms with Gasteiger partial charge in [-0.2, -0.15) is 0 Å². The lowest BCUT2D eigenvalue weighted by molar-refractivity contribution is -0.495. The highest BCUT2D eigenvalue weighted by molar-refractivity contribution is 5.38. The normalized spacial score (nSPS) is 9.00. The molecule has 1 heterocycles. The molecule has 0 amide bonds. The van der Waals surface area contributed by atoms with Crippen LogP contribution in [0, 0.1) is 15.0 Å². The molecule has 0 aliphatic rings. The van der Waals surface area contributed by atoms with Crippen LogP contribution in [-0.4, -0.2) is 10.0 Å². The smallest absolute Gasteiger partial charge is 0.315 e. The molecule has 0 aliphatic carbocycles. The van der Waals surface area contributed by atoms with Crippen LogP contribution in [0.4, 0.5) is 5.69 Å². The standard InChI is InChI=1S/C5H4N4O3/c10-7-8(9(11)12)5-2-1-3-6-4-5/h1-4H. The molecule has 12 heavy (non-hydrogen) atoms.